The van der Waals surface area contributed by atoms with Crippen molar-refractivity contribution in [3.05, 3.63) is 41.0 Å². The number of hydrogen-bond acceptors (Lipinski definition) is 5. The van der Waals surface area contributed by atoms with Gasteiger partial charge in [0.25, 0.3) is 5.91 Å². The lowest BCUT2D eigenvalue weighted by Gasteiger charge is -2.16. The molecule has 6 heteroatoms. The average molecular weight is 260 g/mol. The number of hydrogen-bond donors (Lipinski definition) is 1. The van der Waals surface area contributed by atoms with Crippen LogP contribution in [-0.4, -0.2) is 28.0 Å². The van der Waals surface area contributed by atoms with Gasteiger partial charge in [-0.25, -0.2) is 0 Å². The fourth-order valence-electron chi connectivity index (χ4n) is 1.77. The molecule has 1 amide bonds. The number of carbonyl (C=O) groups excluding carboxylic acids is 1. The summed E-state index contributed by atoms with van der Waals surface area (Å²) in [6, 6.07) is 5.28. The smallest absolute Gasteiger partial charge is 0.254 e. The number of aromatic nitrogens is 2. The number of aryl methyl sites for hydroxylation is 2. The van der Waals surface area contributed by atoms with Gasteiger partial charge < -0.3 is 15.2 Å². The summed E-state index contributed by atoms with van der Waals surface area (Å²) in [5, 5.41) is 3.77. The van der Waals surface area contributed by atoms with Gasteiger partial charge in [0.1, 0.15) is 0 Å². The van der Waals surface area contributed by atoms with Gasteiger partial charge in [0.2, 0.25) is 5.89 Å². The van der Waals surface area contributed by atoms with Gasteiger partial charge in [-0.2, -0.15) is 4.98 Å². The van der Waals surface area contributed by atoms with Crippen LogP contribution in [0, 0.1) is 13.8 Å². The number of anilines is 1. The number of nitrogen functional groups attached to an aromatic ring is 1. The Balaban J connectivity index is 2.16. The van der Waals surface area contributed by atoms with E-state index >= 15 is 0 Å². The average Bonchev–Trinajstić information content (AvgIpc) is 2.77. The van der Waals surface area contributed by atoms with E-state index in [-0.39, 0.29) is 5.91 Å². The van der Waals surface area contributed by atoms with Gasteiger partial charge >= 0.3 is 0 Å². The zero-order chi connectivity index (χ0) is 14.0. The van der Waals surface area contributed by atoms with Crippen LogP contribution in [0.1, 0.15) is 27.6 Å². The maximum absolute atomic E-state index is 12.3. The first-order valence-corrected chi connectivity index (χ1v) is 5.88. The highest BCUT2D eigenvalue weighted by Gasteiger charge is 2.16. The first-order valence-electron chi connectivity index (χ1n) is 5.88. The molecule has 2 aromatic rings. The fraction of sp³-hybridized carbons (Fsp3) is 0.308. The second-order valence-electron chi connectivity index (χ2n) is 4.47. The maximum atomic E-state index is 12.3. The monoisotopic (exact) mass is 260 g/mol. The van der Waals surface area contributed by atoms with Crippen molar-refractivity contribution in [1.29, 1.82) is 0 Å². The molecule has 0 spiro atoms. The van der Waals surface area contributed by atoms with Crippen LogP contribution in [0.5, 0.6) is 0 Å². The summed E-state index contributed by atoms with van der Waals surface area (Å²) in [5.74, 6) is 0.846. The molecule has 100 valence electrons. The van der Waals surface area contributed by atoms with Gasteiger partial charge in [-0.15, -0.1) is 0 Å². The summed E-state index contributed by atoms with van der Waals surface area (Å²) < 4.78 is 4.87. The van der Waals surface area contributed by atoms with Crippen molar-refractivity contribution in [3.63, 3.8) is 0 Å². The SMILES string of the molecule is Cc1nc(CN(C)C(=O)c2cc(N)ccc2C)no1. The third-order valence-electron chi connectivity index (χ3n) is 2.79. The number of amides is 1. The minimum absolute atomic E-state index is 0.118. The van der Waals surface area contributed by atoms with E-state index in [1.54, 1.807) is 26.1 Å². The van der Waals surface area contributed by atoms with E-state index in [0.717, 1.165) is 5.56 Å². The highest BCUT2D eigenvalue weighted by atomic mass is 16.5. The molecule has 0 unspecified atom stereocenters. The van der Waals surface area contributed by atoms with Crippen LogP contribution >= 0.6 is 0 Å². The third-order valence-corrected chi connectivity index (χ3v) is 2.79. The predicted molar refractivity (Wildman–Crippen MR) is 70.4 cm³/mol. The Morgan fingerprint density at radius 3 is 2.79 bits per heavy atom. The first kappa shape index (κ1) is 13.1. The van der Waals surface area contributed by atoms with Gasteiger partial charge in [0.15, 0.2) is 5.82 Å². The molecule has 0 saturated heterocycles. The summed E-state index contributed by atoms with van der Waals surface area (Å²) in [4.78, 5) is 17.9. The van der Waals surface area contributed by atoms with Crippen molar-refractivity contribution >= 4 is 11.6 Å². The van der Waals surface area contributed by atoms with E-state index in [9.17, 15) is 4.79 Å². The van der Waals surface area contributed by atoms with Crippen LogP contribution in [0.4, 0.5) is 5.69 Å². The van der Waals surface area contributed by atoms with Crippen molar-refractivity contribution in [1.82, 2.24) is 15.0 Å². The fourth-order valence-corrected chi connectivity index (χ4v) is 1.77. The standard InChI is InChI=1S/C13H16N4O2/c1-8-4-5-10(14)6-11(8)13(18)17(3)7-12-15-9(2)19-16-12/h4-6H,7,14H2,1-3H3. The van der Waals surface area contributed by atoms with Gasteiger partial charge in [-0.1, -0.05) is 11.2 Å². The normalized spacial score (nSPS) is 10.5. The van der Waals surface area contributed by atoms with Crippen LogP contribution in [0.2, 0.25) is 0 Å². The molecule has 2 rings (SSSR count). The van der Waals surface area contributed by atoms with E-state index < -0.39 is 0 Å². The number of nitrogens with zero attached hydrogens (tertiary/aromatic N) is 3. The second kappa shape index (κ2) is 5.09. The molecule has 0 fully saturated rings. The van der Waals surface area contributed by atoms with Crippen molar-refractivity contribution in [2.24, 2.45) is 0 Å². The quantitative estimate of drug-likeness (QED) is 0.846. The molecule has 0 aliphatic rings. The lowest BCUT2D eigenvalue weighted by molar-refractivity contribution is 0.0780. The molecule has 0 aliphatic heterocycles. The summed E-state index contributed by atoms with van der Waals surface area (Å²) in [6.45, 7) is 3.88. The molecule has 0 atom stereocenters. The molecule has 1 aromatic heterocycles. The number of benzene rings is 1. The molecule has 1 heterocycles. The van der Waals surface area contributed by atoms with Crippen molar-refractivity contribution < 1.29 is 9.32 Å². The van der Waals surface area contributed by atoms with Crippen molar-refractivity contribution in [3.8, 4) is 0 Å². The Bertz CT molecular complexity index is 606. The van der Waals surface area contributed by atoms with E-state index in [2.05, 4.69) is 10.1 Å². The van der Waals surface area contributed by atoms with E-state index in [1.165, 1.54) is 4.90 Å². The number of nitrogens with two attached hydrogens (primary N) is 1. The molecular formula is C13H16N4O2. The topological polar surface area (TPSA) is 85.2 Å². The Labute approximate surface area is 111 Å². The van der Waals surface area contributed by atoms with Crippen LogP contribution in [0.25, 0.3) is 0 Å². The van der Waals surface area contributed by atoms with Gasteiger partial charge in [-0.3, -0.25) is 4.79 Å². The highest BCUT2D eigenvalue weighted by molar-refractivity contribution is 5.96. The molecule has 6 nitrogen and oxygen atoms in total. The molecule has 0 radical (unpaired) electrons. The Kier molecular flexibility index (Phi) is 3.50. The zero-order valence-corrected chi connectivity index (χ0v) is 11.2. The van der Waals surface area contributed by atoms with Gasteiger partial charge in [-0.05, 0) is 24.6 Å². The van der Waals surface area contributed by atoms with Crippen LogP contribution in [-0.2, 0) is 6.54 Å². The summed E-state index contributed by atoms with van der Waals surface area (Å²) in [7, 11) is 1.69. The zero-order valence-electron chi connectivity index (χ0n) is 11.2. The highest BCUT2D eigenvalue weighted by Crippen LogP contribution is 2.15. The first-order chi connectivity index (χ1) is 8.97. The minimum atomic E-state index is -0.118. The second-order valence-corrected chi connectivity index (χ2v) is 4.47. The van der Waals surface area contributed by atoms with Crippen molar-refractivity contribution in [2.75, 3.05) is 12.8 Å². The summed E-state index contributed by atoms with van der Waals surface area (Å²) in [6.07, 6.45) is 0. The minimum Gasteiger partial charge on any atom is -0.399 e. The molecule has 0 aliphatic carbocycles. The Morgan fingerprint density at radius 1 is 1.42 bits per heavy atom. The molecule has 2 N–H and O–H groups in total. The largest absolute Gasteiger partial charge is 0.399 e. The lowest BCUT2D eigenvalue weighted by atomic mass is 10.1. The molecular weight excluding hydrogens is 244 g/mol. The van der Waals surface area contributed by atoms with Crippen LogP contribution < -0.4 is 5.73 Å². The molecule has 19 heavy (non-hydrogen) atoms. The number of rotatable bonds is 3. The van der Waals surface area contributed by atoms with Crippen LogP contribution in [0.3, 0.4) is 0 Å². The van der Waals surface area contributed by atoms with E-state index in [4.69, 9.17) is 10.3 Å². The molecule has 0 saturated carbocycles. The van der Waals surface area contributed by atoms with E-state index in [1.807, 2.05) is 13.0 Å². The van der Waals surface area contributed by atoms with Gasteiger partial charge in [0.05, 0.1) is 6.54 Å². The maximum Gasteiger partial charge on any atom is 0.254 e. The lowest BCUT2D eigenvalue weighted by Crippen LogP contribution is -2.27. The molecule has 0 bridgehead atoms. The predicted octanol–water partition coefficient (Wildman–Crippen LogP) is 1.54. The Hall–Kier alpha value is -2.37. The summed E-state index contributed by atoms with van der Waals surface area (Å²) >= 11 is 0. The Morgan fingerprint density at radius 2 is 2.16 bits per heavy atom. The summed E-state index contributed by atoms with van der Waals surface area (Å²) in [5.41, 5.74) is 7.75. The van der Waals surface area contributed by atoms with Gasteiger partial charge in [0, 0.05) is 25.2 Å². The number of carbonyl (C=O) groups is 1. The van der Waals surface area contributed by atoms with Crippen LogP contribution in [0.15, 0.2) is 22.7 Å². The third kappa shape index (κ3) is 2.90. The molecule has 1 aromatic carbocycles. The van der Waals surface area contributed by atoms with Crippen molar-refractivity contribution in [2.45, 2.75) is 20.4 Å². The van der Waals surface area contributed by atoms with E-state index in [0.29, 0.717) is 29.5 Å².